The molecule has 1 aromatic rings. The lowest BCUT2D eigenvalue weighted by Gasteiger charge is -2.16. The lowest BCUT2D eigenvalue weighted by atomic mass is 9.98. The molecule has 0 radical (unpaired) electrons. The second-order valence-electron chi connectivity index (χ2n) is 5.12. The van der Waals surface area contributed by atoms with Gasteiger partial charge in [-0.15, -0.1) is 0 Å². The second kappa shape index (κ2) is 8.18. The van der Waals surface area contributed by atoms with Gasteiger partial charge in [0.05, 0.1) is 12.7 Å². The Labute approximate surface area is 117 Å². The van der Waals surface area contributed by atoms with Gasteiger partial charge in [-0.05, 0) is 43.0 Å². The van der Waals surface area contributed by atoms with Crippen LogP contribution in [0.1, 0.15) is 44.2 Å². The van der Waals surface area contributed by atoms with E-state index in [1.807, 2.05) is 13.0 Å². The molecule has 2 N–H and O–H groups in total. The molecule has 1 rings (SSSR count). The minimum atomic E-state index is 0.0982. The van der Waals surface area contributed by atoms with E-state index < -0.39 is 0 Å². The normalized spacial score (nSPS) is 12.7. The Morgan fingerprint density at radius 1 is 1.26 bits per heavy atom. The van der Waals surface area contributed by atoms with Gasteiger partial charge >= 0.3 is 0 Å². The number of hydrogen-bond acceptors (Lipinski definition) is 3. The van der Waals surface area contributed by atoms with E-state index in [4.69, 9.17) is 15.2 Å². The number of hydrogen-bond donors (Lipinski definition) is 1. The SMILES string of the molecule is CCOC(CN)CCOc1ccc(C(C)C)c(C)c1. The average molecular weight is 265 g/mol. The van der Waals surface area contributed by atoms with Gasteiger partial charge in [0.25, 0.3) is 0 Å². The van der Waals surface area contributed by atoms with Crippen LogP contribution in [-0.4, -0.2) is 25.9 Å². The Morgan fingerprint density at radius 2 is 2.00 bits per heavy atom. The minimum absolute atomic E-state index is 0.0982. The molecule has 1 unspecified atom stereocenters. The van der Waals surface area contributed by atoms with Gasteiger partial charge in [-0.25, -0.2) is 0 Å². The maximum Gasteiger partial charge on any atom is 0.119 e. The molecule has 3 nitrogen and oxygen atoms in total. The third-order valence-electron chi connectivity index (χ3n) is 3.24. The third kappa shape index (κ3) is 5.21. The lowest BCUT2D eigenvalue weighted by molar-refractivity contribution is 0.0527. The molecular formula is C16H27NO2. The molecule has 0 aliphatic rings. The maximum atomic E-state index is 5.76. The van der Waals surface area contributed by atoms with Crippen molar-refractivity contribution in [2.75, 3.05) is 19.8 Å². The van der Waals surface area contributed by atoms with Gasteiger partial charge in [0, 0.05) is 19.6 Å². The second-order valence-corrected chi connectivity index (χ2v) is 5.12. The van der Waals surface area contributed by atoms with Gasteiger partial charge in [-0.1, -0.05) is 19.9 Å². The number of nitrogens with two attached hydrogens (primary N) is 1. The molecule has 19 heavy (non-hydrogen) atoms. The zero-order valence-electron chi connectivity index (χ0n) is 12.6. The lowest BCUT2D eigenvalue weighted by Crippen LogP contribution is -2.25. The predicted molar refractivity (Wildman–Crippen MR) is 79.8 cm³/mol. The molecule has 108 valence electrons. The molecule has 1 aromatic carbocycles. The summed E-state index contributed by atoms with van der Waals surface area (Å²) in [4.78, 5) is 0. The molecule has 0 spiro atoms. The zero-order valence-corrected chi connectivity index (χ0v) is 12.6. The first-order valence-electron chi connectivity index (χ1n) is 7.13. The van der Waals surface area contributed by atoms with Crippen molar-refractivity contribution in [2.24, 2.45) is 5.73 Å². The fourth-order valence-electron chi connectivity index (χ4n) is 2.20. The van der Waals surface area contributed by atoms with Crippen LogP contribution >= 0.6 is 0 Å². The van der Waals surface area contributed by atoms with Crippen LogP contribution in [0.2, 0.25) is 0 Å². The minimum Gasteiger partial charge on any atom is -0.493 e. The molecule has 0 saturated carbocycles. The Morgan fingerprint density at radius 3 is 2.53 bits per heavy atom. The summed E-state index contributed by atoms with van der Waals surface area (Å²) < 4.78 is 11.3. The smallest absolute Gasteiger partial charge is 0.119 e. The highest BCUT2D eigenvalue weighted by Gasteiger charge is 2.07. The molecule has 0 bridgehead atoms. The summed E-state index contributed by atoms with van der Waals surface area (Å²) in [6.07, 6.45) is 0.927. The fourth-order valence-corrected chi connectivity index (χ4v) is 2.20. The van der Waals surface area contributed by atoms with Crippen molar-refractivity contribution < 1.29 is 9.47 Å². The van der Waals surface area contributed by atoms with Crippen molar-refractivity contribution in [2.45, 2.75) is 46.1 Å². The first-order chi connectivity index (χ1) is 9.08. The van der Waals surface area contributed by atoms with Crippen LogP contribution in [0, 0.1) is 6.92 Å². The number of aryl methyl sites for hydroxylation is 1. The van der Waals surface area contributed by atoms with E-state index in [2.05, 4.69) is 32.9 Å². The predicted octanol–water partition coefficient (Wildman–Crippen LogP) is 3.25. The molecule has 0 saturated heterocycles. The van der Waals surface area contributed by atoms with E-state index in [0.29, 0.717) is 25.7 Å². The van der Waals surface area contributed by atoms with Crippen molar-refractivity contribution in [3.05, 3.63) is 29.3 Å². The molecule has 1 atom stereocenters. The standard InChI is InChI=1S/C16H27NO2/c1-5-18-15(11-17)8-9-19-14-6-7-16(12(2)3)13(4)10-14/h6-7,10,12,15H,5,8-9,11,17H2,1-4H3. The largest absolute Gasteiger partial charge is 0.493 e. The van der Waals surface area contributed by atoms with Crippen molar-refractivity contribution in [3.63, 3.8) is 0 Å². The summed E-state index contributed by atoms with van der Waals surface area (Å²) in [5.74, 6) is 1.47. The van der Waals surface area contributed by atoms with E-state index in [1.165, 1.54) is 11.1 Å². The Balaban J connectivity index is 2.47. The first kappa shape index (κ1) is 16.0. The van der Waals surface area contributed by atoms with E-state index in [-0.39, 0.29) is 6.10 Å². The molecule has 0 aromatic heterocycles. The van der Waals surface area contributed by atoms with Crippen LogP contribution in [0.5, 0.6) is 5.75 Å². The summed E-state index contributed by atoms with van der Waals surface area (Å²) in [5, 5.41) is 0. The van der Waals surface area contributed by atoms with Gasteiger partial charge in [-0.2, -0.15) is 0 Å². The van der Waals surface area contributed by atoms with E-state index in [1.54, 1.807) is 0 Å². The number of ether oxygens (including phenoxy) is 2. The third-order valence-corrected chi connectivity index (χ3v) is 3.24. The highest BCUT2D eigenvalue weighted by molar-refractivity contribution is 5.36. The molecule has 0 aliphatic carbocycles. The van der Waals surface area contributed by atoms with Crippen molar-refractivity contribution in [1.29, 1.82) is 0 Å². The summed E-state index contributed by atoms with van der Waals surface area (Å²) in [6, 6.07) is 6.30. The fraction of sp³-hybridized carbons (Fsp3) is 0.625. The van der Waals surface area contributed by atoms with Crippen LogP contribution in [0.25, 0.3) is 0 Å². The maximum absolute atomic E-state index is 5.76. The molecule has 0 heterocycles. The van der Waals surface area contributed by atoms with Gasteiger partial charge in [0.2, 0.25) is 0 Å². The Hall–Kier alpha value is -1.06. The van der Waals surface area contributed by atoms with Gasteiger partial charge in [0.1, 0.15) is 5.75 Å². The topological polar surface area (TPSA) is 44.5 Å². The number of rotatable bonds is 8. The molecule has 0 amide bonds. The van der Waals surface area contributed by atoms with Gasteiger partial charge < -0.3 is 15.2 Å². The van der Waals surface area contributed by atoms with E-state index in [9.17, 15) is 0 Å². The summed E-state index contributed by atoms with van der Waals surface area (Å²) in [6.45, 7) is 10.4. The van der Waals surface area contributed by atoms with Gasteiger partial charge in [-0.3, -0.25) is 0 Å². The van der Waals surface area contributed by atoms with Crippen molar-refractivity contribution >= 4 is 0 Å². The molecular weight excluding hydrogens is 238 g/mol. The monoisotopic (exact) mass is 265 g/mol. The van der Waals surface area contributed by atoms with E-state index in [0.717, 1.165) is 12.2 Å². The zero-order chi connectivity index (χ0) is 14.3. The highest BCUT2D eigenvalue weighted by Crippen LogP contribution is 2.23. The average Bonchev–Trinajstić information content (AvgIpc) is 2.37. The number of benzene rings is 1. The Bertz CT molecular complexity index is 377. The van der Waals surface area contributed by atoms with Crippen LogP contribution in [0.3, 0.4) is 0 Å². The first-order valence-corrected chi connectivity index (χ1v) is 7.13. The highest BCUT2D eigenvalue weighted by atomic mass is 16.5. The van der Waals surface area contributed by atoms with Crippen LogP contribution < -0.4 is 10.5 Å². The van der Waals surface area contributed by atoms with Crippen molar-refractivity contribution in [1.82, 2.24) is 0 Å². The van der Waals surface area contributed by atoms with E-state index >= 15 is 0 Å². The summed E-state index contributed by atoms with van der Waals surface area (Å²) >= 11 is 0. The molecule has 0 fully saturated rings. The van der Waals surface area contributed by atoms with Crippen LogP contribution in [-0.2, 0) is 4.74 Å². The molecule has 0 aliphatic heterocycles. The van der Waals surface area contributed by atoms with Crippen LogP contribution in [0.15, 0.2) is 18.2 Å². The Kier molecular flexibility index (Phi) is 6.89. The molecule has 3 heteroatoms. The summed E-state index contributed by atoms with van der Waals surface area (Å²) in [5.41, 5.74) is 8.30. The summed E-state index contributed by atoms with van der Waals surface area (Å²) in [7, 11) is 0. The van der Waals surface area contributed by atoms with Crippen molar-refractivity contribution in [3.8, 4) is 5.75 Å². The van der Waals surface area contributed by atoms with Gasteiger partial charge in [0.15, 0.2) is 0 Å². The van der Waals surface area contributed by atoms with Crippen LogP contribution in [0.4, 0.5) is 0 Å². The quantitative estimate of drug-likeness (QED) is 0.784.